The van der Waals surface area contributed by atoms with E-state index in [1.807, 2.05) is 74.5 Å². The smallest absolute Gasteiger partial charge is 0.148 e. The van der Waals surface area contributed by atoms with Gasteiger partial charge in [-0.3, -0.25) is 0 Å². The van der Waals surface area contributed by atoms with Crippen molar-refractivity contribution in [1.82, 2.24) is 0 Å². The average Bonchev–Trinajstić information content (AvgIpc) is 2.85. The molecule has 0 aliphatic rings. The lowest BCUT2D eigenvalue weighted by Gasteiger charge is -2.18. The second-order valence-corrected chi connectivity index (χ2v) is 9.52. The SMILES string of the molecule is CC(CNc1cc(F)c(N)cc1C#CC(C)(C)COCc1ccccc1)COCc1ccccc1. The molecule has 184 valence electrons. The molecule has 1 unspecified atom stereocenters. The van der Waals surface area contributed by atoms with Crippen LogP contribution in [0.3, 0.4) is 0 Å². The molecule has 0 heterocycles. The fraction of sp³-hybridized carbons (Fsp3) is 0.333. The highest BCUT2D eigenvalue weighted by molar-refractivity contribution is 5.65. The van der Waals surface area contributed by atoms with E-state index in [2.05, 4.69) is 24.1 Å². The van der Waals surface area contributed by atoms with Crippen molar-refractivity contribution in [3.63, 3.8) is 0 Å². The number of anilines is 2. The molecule has 0 aliphatic carbocycles. The summed E-state index contributed by atoms with van der Waals surface area (Å²) in [5, 5.41) is 3.32. The molecular weight excluding hydrogens is 439 g/mol. The Hall–Kier alpha value is -3.33. The van der Waals surface area contributed by atoms with Crippen molar-refractivity contribution in [3.8, 4) is 11.8 Å². The number of ether oxygens (including phenoxy) is 2. The van der Waals surface area contributed by atoms with Crippen molar-refractivity contribution in [1.29, 1.82) is 0 Å². The third kappa shape index (κ3) is 9.09. The molecule has 0 saturated heterocycles. The zero-order chi connectivity index (χ0) is 25.1. The number of benzene rings is 3. The Morgan fingerprint density at radius 3 is 2.17 bits per heavy atom. The minimum atomic E-state index is -0.462. The predicted molar refractivity (Wildman–Crippen MR) is 141 cm³/mol. The predicted octanol–water partition coefficient (Wildman–Crippen LogP) is 6.27. The number of halogens is 1. The summed E-state index contributed by atoms with van der Waals surface area (Å²) in [5.74, 6) is 6.22. The molecule has 1 atom stereocenters. The van der Waals surface area contributed by atoms with Crippen LogP contribution in [0.25, 0.3) is 0 Å². The molecule has 0 saturated carbocycles. The average molecular weight is 475 g/mol. The van der Waals surface area contributed by atoms with Gasteiger partial charge in [0.1, 0.15) is 5.82 Å². The van der Waals surface area contributed by atoms with Gasteiger partial charge in [-0.05, 0) is 37.0 Å². The van der Waals surface area contributed by atoms with Crippen LogP contribution in [0.5, 0.6) is 0 Å². The van der Waals surface area contributed by atoms with Gasteiger partial charge in [-0.15, -0.1) is 0 Å². The molecule has 5 heteroatoms. The zero-order valence-corrected chi connectivity index (χ0v) is 20.8. The molecule has 0 spiro atoms. The highest BCUT2D eigenvalue weighted by atomic mass is 19.1. The van der Waals surface area contributed by atoms with Gasteiger partial charge < -0.3 is 20.5 Å². The van der Waals surface area contributed by atoms with Crippen LogP contribution in [-0.4, -0.2) is 19.8 Å². The summed E-state index contributed by atoms with van der Waals surface area (Å²) in [5.41, 5.74) is 9.09. The Morgan fingerprint density at radius 1 is 0.943 bits per heavy atom. The summed E-state index contributed by atoms with van der Waals surface area (Å²) >= 11 is 0. The molecule has 0 radical (unpaired) electrons. The Bertz CT molecular complexity index is 1120. The molecule has 3 aromatic carbocycles. The van der Waals surface area contributed by atoms with Gasteiger partial charge in [-0.1, -0.05) is 79.4 Å². The molecular formula is C30H35FN2O2. The van der Waals surface area contributed by atoms with E-state index < -0.39 is 5.82 Å². The number of nitrogens with one attached hydrogen (secondary N) is 1. The lowest BCUT2D eigenvalue weighted by molar-refractivity contribution is 0.0753. The van der Waals surface area contributed by atoms with Crippen LogP contribution in [0.4, 0.5) is 15.8 Å². The first-order valence-electron chi connectivity index (χ1n) is 11.9. The van der Waals surface area contributed by atoms with Crippen LogP contribution >= 0.6 is 0 Å². The molecule has 0 bridgehead atoms. The lowest BCUT2D eigenvalue weighted by atomic mass is 9.95. The first kappa shape index (κ1) is 26.3. The first-order valence-corrected chi connectivity index (χ1v) is 11.9. The number of hydrogen-bond acceptors (Lipinski definition) is 4. The summed E-state index contributed by atoms with van der Waals surface area (Å²) in [6.45, 7) is 8.93. The first-order chi connectivity index (χ1) is 16.8. The van der Waals surface area contributed by atoms with Crippen LogP contribution < -0.4 is 11.1 Å². The van der Waals surface area contributed by atoms with Crippen molar-refractivity contribution >= 4 is 11.4 Å². The summed E-state index contributed by atoms with van der Waals surface area (Å²) < 4.78 is 25.9. The maximum absolute atomic E-state index is 14.2. The normalized spacial score (nSPS) is 12.0. The molecule has 0 amide bonds. The topological polar surface area (TPSA) is 56.5 Å². The Labute approximate surface area is 208 Å². The molecule has 35 heavy (non-hydrogen) atoms. The fourth-order valence-corrected chi connectivity index (χ4v) is 3.41. The third-order valence-electron chi connectivity index (χ3n) is 5.40. The van der Waals surface area contributed by atoms with Gasteiger partial charge in [0.05, 0.1) is 37.8 Å². The summed E-state index contributed by atoms with van der Waals surface area (Å²) in [6, 6.07) is 23.1. The fourth-order valence-electron chi connectivity index (χ4n) is 3.41. The van der Waals surface area contributed by atoms with E-state index in [0.717, 1.165) is 11.1 Å². The zero-order valence-electron chi connectivity index (χ0n) is 20.8. The maximum Gasteiger partial charge on any atom is 0.148 e. The van der Waals surface area contributed by atoms with Gasteiger partial charge in [0.15, 0.2) is 0 Å². The van der Waals surface area contributed by atoms with Gasteiger partial charge in [0, 0.05) is 23.6 Å². The second-order valence-electron chi connectivity index (χ2n) is 9.52. The maximum atomic E-state index is 14.2. The van der Waals surface area contributed by atoms with Crippen molar-refractivity contribution in [2.24, 2.45) is 11.3 Å². The molecule has 3 N–H and O–H groups in total. The number of hydrogen-bond donors (Lipinski definition) is 2. The van der Waals surface area contributed by atoms with Crippen molar-refractivity contribution < 1.29 is 13.9 Å². The van der Waals surface area contributed by atoms with Crippen molar-refractivity contribution in [2.45, 2.75) is 34.0 Å². The Balaban J connectivity index is 1.56. The molecule has 0 fully saturated rings. The molecule has 0 aliphatic heterocycles. The van der Waals surface area contributed by atoms with Gasteiger partial charge in [0.2, 0.25) is 0 Å². The van der Waals surface area contributed by atoms with Gasteiger partial charge in [-0.25, -0.2) is 4.39 Å². The van der Waals surface area contributed by atoms with Crippen molar-refractivity contribution in [3.05, 3.63) is 95.3 Å². The highest BCUT2D eigenvalue weighted by Crippen LogP contribution is 2.23. The summed E-state index contributed by atoms with van der Waals surface area (Å²) in [4.78, 5) is 0. The number of rotatable bonds is 11. The molecule has 3 aromatic rings. The van der Waals surface area contributed by atoms with E-state index in [0.29, 0.717) is 44.2 Å². The van der Waals surface area contributed by atoms with Crippen LogP contribution in [0.15, 0.2) is 72.8 Å². The van der Waals surface area contributed by atoms with E-state index in [-0.39, 0.29) is 17.0 Å². The van der Waals surface area contributed by atoms with E-state index >= 15 is 0 Å². The van der Waals surface area contributed by atoms with Crippen LogP contribution in [0, 0.1) is 29.0 Å². The Morgan fingerprint density at radius 2 is 1.54 bits per heavy atom. The van der Waals surface area contributed by atoms with E-state index in [9.17, 15) is 4.39 Å². The minimum absolute atomic E-state index is 0.0808. The van der Waals surface area contributed by atoms with Gasteiger partial charge in [-0.2, -0.15) is 0 Å². The standard InChI is InChI=1S/C30H35FN2O2/c1-23(19-34-20-24-10-6-4-7-11-24)18-33-29-17-27(31)28(32)16-26(29)14-15-30(2,3)22-35-21-25-12-8-5-9-13-25/h4-13,16-17,23,33H,18-22,32H2,1-3H3. The molecule has 0 aromatic heterocycles. The van der Waals surface area contributed by atoms with Crippen LogP contribution in [0.1, 0.15) is 37.5 Å². The van der Waals surface area contributed by atoms with Gasteiger partial charge >= 0.3 is 0 Å². The molecule has 3 rings (SSSR count). The monoisotopic (exact) mass is 474 g/mol. The second kappa shape index (κ2) is 12.9. The molecule has 4 nitrogen and oxygen atoms in total. The van der Waals surface area contributed by atoms with E-state index in [1.165, 1.54) is 6.07 Å². The largest absolute Gasteiger partial charge is 0.396 e. The highest BCUT2D eigenvalue weighted by Gasteiger charge is 2.15. The summed E-state index contributed by atoms with van der Waals surface area (Å²) in [7, 11) is 0. The number of nitrogens with two attached hydrogens (primary N) is 1. The quantitative estimate of drug-likeness (QED) is 0.254. The number of nitrogen functional groups attached to an aromatic ring is 1. The van der Waals surface area contributed by atoms with Gasteiger partial charge in [0.25, 0.3) is 0 Å². The summed E-state index contributed by atoms with van der Waals surface area (Å²) in [6.07, 6.45) is 0. The van der Waals surface area contributed by atoms with E-state index in [4.69, 9.17) is 15.2 Å². The Kier molecular flexibility index (Phi) is 9.72. The van der Waals surface area contributed by atoms with Crippen molar-refractivity contribution in [2.75, 3.05) is 30.8 Å². The van der Waals surface area contributed by atoms with E-state index in [1.54, 1.807) is 6.07 Å². The minimum Gasteiger partial charge on any atom is -0.396 e. The lowest BCUT2D eigenvalue weighted by Crippen LogP contribution is -2.18. The third-order valence-corrected chi connectivity index (χ3v) is 5.40. The van der Waals surface area contributed by atoms with Crippen LogP contribution in [0.2, 0.25) is 0 Å². The van der Waals surface area contributed by atoms with Crippen LogP contribution in [-0.2, 0) is 22.7 Å².